The van der Waals surface area contributed by atoms with Gasteiger partial charge in [0, 0.05) is 29.3 Å². The molecule has 0 amide bonds. The monoisotopic (exact) mass is 381 g/mol. The largest absolute Gasteiger partial charge is 0.465 e. The fourth-order valence-electron chi connectivity index (χ4n) is 4.25. The number of benzene rings is 1. The number of hydrogen-bond acceptors (Lipinski definition) is 4. The topological polar surface area (TPSA) is 55.7 Å². The van der Waals surface area contributed by atoms with Crippen molar-refractivity contribution in [2.75, 3.05) is 6.61 Å². The summed E-state index contributed by atoms with van der Waals surface area (Å²) in [6.07, 6.45) is 6.13. The van der Waals surface area contributed by atoms with E-state index < -0.39 is 5.92 Å². The zero-order valence-corrected chi connectivity index (χ0v) is 17.3. The highest BCUT2D eigenvalue weighted by Gasteiger charge is 2.43. The Kier molecular flexibility index (Phi) is 6.82. The molecule has 2 atom stereocenters. The zero-order valence-electron chi connectivity index (χ0n) is 17.3. The molecule has 0 N–H and O–H groups in total. The van der Waals surface area contributed by atoms with Gasteiger partial charge >= 0.3 is 5.97 Å². The van der Waals surface area contributed by atoms with Crippen LogP contribution in [0.25, 0.3) is 0 Å². The van der Waals surface area contributed by atoms with Crippen molar-refractivity contribution in [2.45, 2.75) is 71.6 Å². The molecule has 3 rings (SSSR count). The van der Waals surface area contributed by atoms with Gasteiger partial charge in [0.1, 0.15) is 5.92 Å². The van der Waals surface area contributed by atoms with E-state index in [1.165, 1.54) is 5.56 Å². The molecule has 150 valence electrons. The average molecular weight is 382 g/mol. The summed E-state index contributed by atoms with van der Waals surface area (Å²) < 4.78 is 5.61. The summed E-state index contributed by atoms with van der Waals surface area (Å²) in [5, 5.41) is 0. The Hall–Kier alpha value is -2.23. The first kappa shape index (κ1) is 20.5. The second-order valence-electron chi connectivity index (χ2n) is 7.82. The Balaban J connectivity index is 1.96. The minimum Gasteiger partial charge on any atom is -0.465 e. The number of carbonyl (C=O) groups is 2. The first-order valence-electron chi connectivity index (χ1n) is 10.6. The van der Waals surface area contributed by atoms with Crippen molar-refractivity contribution in [1.29, 1.82) is 0 Å². The number of ketones is 1. The number of aryl methyl sites for hydroxylation is 1. The van der Waals surface area contributed by atoms with Crippen molar-refractivity contribution in [2.24, 2.45) is 10.9 Å². The molecule has 1 aliphatic carbocycles. The summed E-state index contributed by atoms with van der Waals surface area (Å²) in [6, 6.07) is 8.30. The van der Waals surface area contributed by atoms with Gasteiger partial charge in [-0.05, 0) is 43.7 Å². The maximum atomic E-state index is 13.0. The Labute approximate surface area is 168 Å². The highest BCUT2D eigenvalue weighted by molar-refractivity contribution is 6.08. The van der Waals surface area contributed by atoms with Gasteiger partial charge in [0.25, 0.3) is 0 Å². The molecule has 4 nitrogen and oxygen atoms in total. The highest BCUT2D eigenvalue weighted by atomic mass is 16.5. The van der Waals surface area contributed by atoms with Crippen molar-refractivity contribution in [3.8, 4) is 0 Å². The lowest BCUT2D eigenvalue weighted by molar-refractivity contribution is -0.146. The van der Waals surface area contributed by atoms with Crippen LogP contribution in [0.15, 0.2) is 40.5 Å². The second kappa shape index (κ2) is 9.31. The van der Waals surface area contributed by atoms with Gasteiger partial charge in [0.15, 0.2) is 5.78 Å². The quantitative estimate of drug-likeness (QED) is 0.484. The van der Waals surface area contributed by atoms with Crippen LogP contribution in [0.4, 0.5) is 0 Å². The SMILES string of the molecule is CCCCCOC(=O)C1C(C)=NC2=C(C(=O)CCC2)[C@@H]1c1ccc(CC)cc1. The molecule has 0 radical (unpaired) electrons. The number of ether oxygens (including phenoxy) is 1. The van der Waals surface area contributed by atoms with E-state index in [0.717, 1.165) is 61.1 Å². The first-order chi connectivity index (χ1) is 13.6. The Morgan fingerprint density at radius 3 is 2.57 bits per heavy atom. The van der Waals surface area contributed by atoms with E-state index in [-0.39, 0.29) is 17.7 Å². The van der Waals surface area contributed by atoms with Crippen LogP contribution in [0.2, 0.25) is 0 Å². The normalized spacial score (nSPS) is 22.0. The summed E-state index contributed by atoms with van der Waals surface area (Å²) in [5.41, 5.74) is 4.61. The predicted molar refractivity (Wildman–Crippen MR) is 112 cm³/mol. The molecule has 0 saturated heterocycles. The number of unbranched alkanes of at least 4 members (excludes halogenated alkanes) is 2. The van der Waals surface area contributed by atoms with Crippen molar-refractivity contribution in [3.63, 3.8) is 0 Å². The predicted octanol–water partition coefficient (Wildman–Crippen LogP) is 5.16. The number of carbonyl (C=O) groups excluding carboxylic acids is 2. The Morgan fingerprint density at radius 2 is 1.89 bits per heavy atom. The van der Waals surface area contributed by atoms with Gasteiger partial charge in [0.2, 0.25) is 0 Å². The molecule has 1 unspecified atom stereocenters. The van der Waals surface area contributed by atoms with Gasteiger partial charge in [-0.1, -0.05) is 51.0 Å². The minimum absolute atomic E-state index is 0.130. The maximum absolute atomic E-state index is 13.0. The van der Waals surface area contributed by atoms with Crippen LogP contribution in [0.1, 0.15) is 76.3 Å². The number of aliphatic imine (C=N–C) groups is 1. The van der Waals surface area contributed by atoms with E-state index in [1.54, 1.807) is 0 Å². The molecular weight excluding hydrogens is 350 g/mol. The lowest BCUT2D eigenvalue weighted by Gasteiger charge is -2.34. The third kappa shape index (κ3) is 4.26. The molecule has 2 aliphatic rings. The molecule has 1 aromatic carbocycles. The molecule has 0 spiro atoms. The minimum atomic E-state index is -0.519. The molecule has 1 heterocycles. The van der Waals surface area contributed by atoms with Gasteiger partial charge < -0.3 is 4.74 Å². The van der Waals surface area contributed by atoms with Crippen LogP contribution < -0.4 is 0 Å². The molecule has 28 heavy (non-hydrogen) atoms. The zero-order chi connectivity index (χ0) is 20.1. The lowest BCUT2D eigenvalue weighted by Crippen LogP contribution is -2.37. The molecule has 1 aromatic rings. The van der Waals surface area contributed by atoms with Crippen molar-refractivity contribution in [1.82, 2.24) is 0 Å². The fourth-order valence-corrected chi connectivity index (χ4v) is 4.25. The summed E-state index contributed by atoms with van der Waals surface area (Å²) in [6.45, 7) is 6.57. The second-order valence-corrected chi connectivity index (χ2v) is 7.82. The van der Waals surface area contributed by atoms with Crippen molar-refractivity contribution >= 4 is 17.5 Å². The molecule has 0 fully saturated rings. The van der Waals surface area contributed by atoms with Crippen LogP contribution in [-0.4, -0.2) is 24.1 Å². The van der Waals surface area contributed by atoms with E-state index in [4.69, 9.17) is 4.74 Å². The van der Waals surface area contributed by atoms with Crippen LogP contribution >= 0.6 is 0 Å². The Morgan fingerprint density at radius 1 is 1.14 bits per heavy atom. The van der Waals surface area contributed by atoms with Gasteiger partial charge in [-0.15, -0.1) is 0 Å². The maximum Gasteiger partial charge on any atom is 0.315 e. The van der Waals surface area contributed by atoms with E-state index in [9.17, 15) is 9.59 Å². The van der Waals surface area contributed by atoms with E-state index >= 15 is 0 Å². The third-order valence-electron chi connectivity index (χ3n) is 5.83. The van der Waals surface area contributed by atoms with Gasteiger partial charge in [0.05, 0.1) is 6.61 Å². The molecular formula is C24H31NO3. The summed E-state index contributed by atoms with van der Waals surface area (Å²) in [7, 11) is 0. The molecule has 0 saturated carbocycles. The number of rotatable bonds is 7. The average Bonchev–Trinajstić information content (AvgIpc) is 2.70. The summed E-state index contributed by atoms with van der Waals surface area (Å²) >= 11 is 0. The van der Waals surface area contributed by atoms with Crippen molar-refractivity contribution < 1.29 is 14.3 Å². The van der Waals surface area contributed by atoms with E-state index in [1.807, 2.05) is 6.92 Å². The van der Waals surface area contributed by atoms with Crippen LogP contribution in [0, 0.1) is 5.92 Å². The third-order valence-corrected chi connectivity index (χ3v) is 5.83. The van der Waals surface area contributed by atoms with Gasteiger partial charge in [-0.2, -0.15) is 0 Å². The van der Waals surface area contributed by atoms with Gasteiger partial charge in [-0.25, -0.2) is 0 Å². The molecule has 1 aliphatic heterocycles. The summed E-state index contributed by atoms with van der Waals surface area (Å²) in [5.74, 6) is -0.933. The molecule has 4 heteroatoms. The fraction of sp³-hybridized carbons (Fsp3) is 0.542. The van der Waals surface area contributed by atoms with Crippen LogP contribution in [-0.2, 0) is 20.7 Å². The van der Waals surface area contributed by atoms with Gasteiger partial charge in [-0.3, -0.25) is 14.6 Å². The number of esters is 1. The first-order valence-corrected chi connectivity index (χ1v) is 10.6. The lowest BCUT2D eigenvalue weighted by atomic mass is 9.71. The number of Topliss-reactive ketones (excluding diaryl/α,β-unsaturated/α-hetero) is 1. The standard InChI is InChI=1S/C24H31NO3/c1-4-6-7-15-28-24(27)21-16(3)25-19-9-8-10-20(26)23(19)22(21)18-13-11-17(5-2)12-14-18/h11-14,21-22H,4-10,15H2,1-3H3/t21?,22-/m1/s1. The van der Waals surface area contributed by atoms with E-state index in [2.05, 4.69) is 43.1 Å². The Bertz CT molecular complexity index is 789. The highest BCUT2D eigenvalue weighted by Crippen LogP contribution is 2.43. The summed E-state index contributed by atoms with van der Waals surface area (Å²) in [4.78, 5) is 30.5. The van der Waals surface area contributed by atoms with Crippen LogP contribution in [0.5, 0.6) is 0 Å². The van der Waals surface area contributed by atoms with Crippen molar-refractivity contribution in [3.05, 3.63) is 46.7 Å². The number of allylic oxidation sites excluding steroid dienone is 2. The number of nitrogens with zero attached hydrogens (tertiary/aromatic N) is 1. The number of hydrogen-bond donors (Lipinski definition) is 0. The molecule has 0 aromatic heterocycles. The van der Waals surface area contributed by atoms with Crippen LogP contribution in [0.3, 0.4) is 0 Å². The molecule has 0 bridgehead atoms. The van der Waals surface area contributed by atoms with E-state index in [0.29, 0.717) is 13.0 Å². The smallest absolute Gasteiger partial charge is 0.315 e.